The number of halogens is 4. The van der Waals surface area contributed by atoms with Gasteiger partial charge in [-0.15, -0.1) is 13.2 Å². The van der Waals surface area contributed by atoms with Crippen LogP contribution in [0.15, 0.2) is 59.1 Å². The van der Waals surface area contributed by atoms with Gasteiger partial charge in [-0.3, -0.25) is 0 Å². The number of alkyl halides is 3. The van der Waals surface area contributed by atoms with Crippen molar-refractivity contribution in [1.82, 2.24) is 4.98 Å². The van der Waals surface area contributed by atoms with Crippen LogP contribution in [-0.4, -0.2) is 11.3 Å². The number of rotatable bonds is 5. The summed E-state index contributed by atoms with van der Waals surface area (Å²) in [4.78, 5) is 4.16. The monoisotopic (exact) mass is 368 g/mol. The van der Waals surface area contributed by atoms with Gasteiger partial charge in [-0.25, -0.2) is 4.98 Å². The van der Waals surface area contributed by atoms with Gasteiger partial charge < -0.3 is 14.5 Å². The quantitative estimate of drug-likeness (QED) is 0.645. The molecule has 130 valence electrons. The minimum atomic E-state index is -4.70. The Morgan fingerprint density at radius 1 is 1.04 bits per heavy atom. The third kappa shape index (κ3) is 4.90. The van der Waals surface area contributed by atoms with Crippen LogP contribution in [0, 0.1) is 0 Å². The van der Waals surface area contributed by atoms with Gasteiger partial charge in [0.1, 0.15) is 5.75 Å². The van der Waals surface area contributed by atoms with E-state index in [0.29, 0.717) is 22.4 Å². The Labute approximate surface area is 146 Å². The van der Waals surface area contributed by atoms with Gasteiger partial charge in [0.25, 0.3) is 0 Å². The molecule has 0 saturated carbocycles. The minimum Gasteiger partial charge on any atom is -0.439 e. The summed E-state index contributed by atoms with van der Waals surface area (Å²) in [5.74, 6) is 0.766. The maximum Gasteiger partial charge on any atom is 0.573 e. The van der Waals surface area contributed by atoms with Crippen LogP contribution < -0.4 is 10.1 Å². The summed E-state index contributed by atoms with van der Waals surface area (Å²) in [7, 11) is 0. The van der Waals surface area contributed by atoms with E-state index in [4.69, 9.17) is 16.0 Å². The Kier molecular flexibility index (Phi) is 4.85. The van der Waals surface area contributed by atoms with Crippen LogP contribution in [-0.2, 0) is 6.54 Å². The third-order valence-corrected chi connectivity index (χ3v) is 3.47. The van der Waals surface area contributed by atoms with E-state index in [0.717, 1.165) is 5.56 Å². The van der Waals surface area contributed by atoms with Gasteiger partial charge in [0.05, 0.1) is 12.7 Å². The van der Waals surface area contributed by atoms with Crippen molar-refractivity contribution in [2.45, 2.75) is 12.9 Å². The molecule has 0 atom stereocenters. The minimum absolute atomic E-state index is 0.279. The zero-order valence-electron chi connectivity index (χ0n) is 12.7. The second-order valence-electron chi connectivity index (χ2n) is 5.05. The predicted molar refractivity (Wildman–Crippen MR) is 87.4 cm³/mol. The van der Waals surface area contributed by atoms with Crippen LogP contribution in [0.5, 0.6) is 5.75 Å². The lowest BCUT2D eigenvalue weighted by Gasteiger charge is -2.09. The molecule has 0 fully saturated rings. The Morgan fingerprint density at radius 2 is 1.72 bits per heavy atom. The normalized spacial score (nSPS) is 11.4. The molecule has 0 bridgehead atoms. The van der Waals surface area contributed by atoms with Crippen LogP contribution in [0.25, 0.3) is 11.3 Å². The molecule has 0 saturated heterocycles. The second kappa shape index (κ2) is 7.06. The summed E-state index contributed by atoms with van der Waals surface area (Å²) in [5.41, 5.74) is 1.46. The molecule has 25 heavy (non-hydrogen) atoms. The molecule has 1 N–H and O–H groups in total. The first-order chi connectivity index (χ1) is 11.9. The first-order valence-electron chi connectivity index (χ1n) is 7.19. The molecule has 3 rings (SSSR count). The molecule has 0 aliphatic carbocycles. The number of nitrogens with zero attached hydrogens (tertiary/aromatic N) is 1. The van der Waals surface area contributed by atoms with Crippen LogP contribution in [0.2, 0.25) is 5.02 Å². The van der Waals surface area contributed by atoms with Gasteiger partial charge in [-0.2, -0.15) is 0 Å². The van der Waals surface area contributed by atoms with Crippen molar-refractivity contribution in [3.8, 4) is 17.1 Å². The maximum absolute atomic E-state index is 12.1. The van der Waals surface area contributed by atoms with Gasteiger partial charge in [-0.1, -0.05) is 11.6 Å². The fourth-order valence-electron chi connectivity index (χ4n) is 2.09. The molecule has 0 amide bonds. The van der Waals surface area contributed by atoms with E-state index in [2.05, 4.69) is 15.0 Å². The molecule has 1 heterocycles. The van der Waals surface area contributed by atoms with Gasteiger partial charge in [0, 0.05) is 16.3 Å². The number of nitrogens with one attached hydrogen (secondary N) is 1. The summed E-state index contributed by atoms with van der Waals surface area (Å²) in [5, 5.41) is 3.64. The average molecular weight is 369 g/mol. The van der Waals surface area contributed by atoms with Gasteiger partial charge >= 0.3 is 6.36 Å². The number of anilines is 1. The van der Waals surface area contributed by atoms with E-state index in [9.17, 15) is 13.2 Å². The fourth-order valence-corrected chi connectivity index (χ4v) is 2.22. The summed E-state index contributed by atoms with van der Waals surface area (Å²) in [6.07, 6.45) is -3.11. The van der Waals surface area contributed by atoms with Crippen molar-refractivity contribution in [1.29, 1.82) is 0 Å². The Hall–Kier alpha value is -2.67. The number of hydrogen-bond donors (Lipinski definition) is 1. The molecule has 0 spiro atoms. The molecule has 8 heteroatoms. The molecule has 2 aromatic carbocycles. The van der Waals surface area contributed by atoms with Crippen molar-refractivity contribution in [3.05, 3.63) is 65.6 Å². The fraction of sp³-hybridized carbons (Fsp3) is 0.118. The lowest BCUT2D eigenvalue weighted by atomic mass is 10.2. The molecule has 1 aromatic heterocycles. The number of aromatic nitrogens is 1. The van der Waals surface area contributed by atoms with Gasteiger partial charge in [0.15, 0.2) is 5.76 Å². The van der Waals surface area contributed by atoms with E-state index >= 15 is 0 Å². The molecule has 0 radical (unpaired) electrons. The predicted octanol–water partition coefficient (Wildman–Crippen LogP) is 5.51. The van der Waals surface area contributed by atoms with Crippen molar-refractivity contribution in [2.24, 2.45) is 0 Å². The largest absolute Gasteiger partial charge is 0.573 e. The van der Waals surface area contributed by atoms with Crippen molar-refractivity contribution < 1.29 is 22.3 Å². The number of benzene rings is 2. The van der Waals surface area contributed by atoms with Crippen molar-refractivity contribution in [2.75, 3.05) is 5.32 Å². The molecular formula is C17H12ClF3N2O2. The summed E-state index contributed by atoms with van der Waals surface area (Å²) in [6, 6.07) is 12.5. The number of oxazole rings is 1. The first-order valence-corrected chi connectivity index (χ1v) is 7.57. The summed E-state index contributed by atoms with van der Waals surface area (Å²) >= 11 is 5.84. The van der Waals surface area contributed by atoms with Crippen molar-refractivity contribution in [3.63, 3.8) is 0 Å². The highest BCUT2D eigenvalue weighted by atomic mass is 35.5. The third-order valence-electron chi connectivity index (χ3n) is 3.21. The van der Waals surface area contributed by atoms with Crippen LogP contribution in [0.1, 0.15) is 5.89 Å². The number of hydrogen-bond acceptors (Lipinski definition) is 4. The van der Waals surface area contributed by atoms with Crippen LogP contribution >= 0.6 is 11.6 Å². The Morgan fingerprint density at radius 3 is 2.36 bits per heavy atom. The van der Waals surface area contributed by atoms with E-state index in [1.807, 2.05) is 12.1 Å². The smallest absolute Gasteiger partial charge is 0.439 e. The maximum atomic E-state index is 12.1. The first kappa shape index (κ1) is 17.2. The molecular weight excluding hydrogens is 357 g/mol. The van der Waals surface area contributed by atoms with E-state index < -0.39 is 6.36 Å². The Balaban J connectivity index is 1.59. The second-order valence-corrected chi connectivity index (χ2v) is 5.49. The lowest BCUT2D eigenvalue weighted by Crippen LogP contribution is -2.17. The SMILES string of the molecule is FC(F)(F)Oc1ccc(NCc2ncc(-c3ccc(Cl)cc3)o2)cc1. The van der Waals surface area contributed by atoms with E-state index in [1.54, 1.807) is 18.3 Å². The average Bonchev–Trinajstić information content (AvgIpc) is 3.02. The standard InChI is InChI=1S/C17H12ClF3N2O2/c18-12-3-1-11(2-4-12)15-9-23-16(24-15)10-22-13-5-7-14(8-6-13)25-17(19,20)21/h1-9,22H,10H2. The van der Waals surface area contributed by atoms with Gasteiger partial charge in [-0.05, 0) is 48.5 Å². The molecule has 4 nitrogen and oxygen atoms in total. The highest BCUT2D eigenvalue weighted by Crippen LogP contribution is 2.25. The van der Waals surface area contributed by atoms with Crippen molar-refractivity contribution >= 4 is 17.3 Å². The molecule has 3 aromatic rings. The van der Waals surface area contributed by atoms with E-state index in [1.165, 1.54) is 24.3 Å². The summed E-state index contributed by atoms with van der Waals surface area (Å²) < 4.78 is 45.8. The Bertz CT molecular complexity index is 830. The molecule has 0 unspecified atom stereocenters. The lowest BCUT2D eigenvalue weighted by molar-refractivity contribution is -0.274. The van der Waals surface area contributed by atoms with Crippen LogP contribution in [0.4, 0.5) is 18.9 Å². The highest BCUT2D eigenvalue weighted by molar-refractivity contribution is 6.30. The summed E-state index contributed by atoms with van der Waals surface area (Å²) in [6.45, 7) is 0.285. The zero-order valence-corrected chi connectivity index (χ0v) is 13.4. The van der Waals surface area contributed by atoms with Gasteiger partial charge in [0.2, 0.25) is 5.89 Å². The topological polar surface area (TPSA) is 47.3 Å². The molecule has 0 aliphatic heterocycles. The molecule has 0 aliphatic rings. The van der Waals surface area contributed by atoms with E-state index in [-0.39, 0.29) is 12.3 Å². The van der Waals surface area contributed by atoms with Crippen LogP contribution in [0.3, 0.4) is 0 Å². The number of ether oxygens (including phenoxy) is 1. The zero-order chi connectivity index (χ0) is 17.9. The highest BCUT2D eigenvalue weighted by Gasteiger charge is 2.30.